The molecule has 1 fully saturated rings. The summed E-state index contributed by atoms with van der Waals surface area (Å²) in [7, 11) is 1.47. The molecule has 1 aliphatic rings. The summed E-state index contributed by atoms with van der Waals surface area (Å²) in [6.45, 7) is 1.86. The maximum Gasteiger partial charge on any atom is 0.230 e. The summed E-state index contributed by atoms with van der Waals surface area (Å²) in [6.07, 6.45) is -4.57. The van der Waals surface area contributed by atoms with Gasteiger partial charge in [-0.25, -0.2) is 4.39 Å². The average molecular weight is 572 g/mol. The molecule has 0 aliphatic carbocycles. The third kappa shape index (κ3) is 5.93. The van der Waals surface area contributed by atoms with Crippen molar-refractivity contribution in [3.8, 4) is 16.9 Å². The van der Waals surface area contributed by atoms with Gasteiger partial charge in [0.05, 0.1) is 0 Å². The number of rotatable bonds is 9. The largest absolute Gasteiger partial charge is 0.462 e. The van der Waals surface area contributed by atoms with Crippen LogP contribution in [0, 0.1) is 5.82 Å². The first kappa shape index (κ1) is 29.4. The molecular weight excluding hydrogens is 537 g/mol. The van der Waals surface area contributed by atoms with E-state index in [1.807, 2.05) is 66.7 Å². The second-order valence-electron chi connectivity index (χ2n) is 10.3. The molecule has 218 valence electrons. The van der Waals surface area contributed by atoms with Crippen LogP contribution in [0.5, 0.6) is 5.75 Å². The Hall–Kier alpha value is -4.08. The molecule has 1 amide bonds. The number of hydrogen-bond donors (Lipinski definition) is 3. The topological polar surface area (TPSA) is 97.3 Å². The minimum atomic E-state index is -1.45. The van der Waals surface area contributed by atoms with Crippen molar-refractivity contribution in [3.63, 3.8) is 0 Å². The SMILES string of the molecule is CO[C@@H]1[C@@H](O)[C@@H](O)[C@H](Oc2ccc(CCNC(C)=O)c(-c3cccc(F)c3)c2)OC1(c1ccccc1)c1ccccc1. The molecule has 1 saturated heterocycles. The van der Waals surface area contributed by atoms with Gasteiger partial charge >= 0.3 is 0 Å². The molecule has 4 aromatic rings. The highest BCUT2D eigenvalue weighted by atomic mass is 19.1. The lowest BCUT2D eigenvalue weighted by Crippen LogP contribution is -2.64. The maximum absolute atomic E-state index is 14.2. The number of carbonyl (C=O) groups excluding carboxylic acids is 1. The predicted octanol–water partition coefficient (Wildman–Crippen LogP) is 4.59. The summed E-state index contributed by atoms with van der Waals surface area (Å²) in [5.74, 6) is -0.180. The number of amides is 1. The first-order valence-electron chi connectivity index (χ1n) is 13.8. The van der Waals surface area contributed by atoms with Crippen LogP contribution in [0.4, 0.5) is 4.39 Å². The molecule has 8 heteroatoms. The van der Waals surface area contributed by atoms with Gasteiger partial charge in [-0.2, -0.15) is 0 Å². The quantitative estimate of drug-likeness (QED) is 0.272. The standard InChI is InChI=1S/C34H34FNO6/c1-22(37)36-19-18-23-16-17-28(21-29(23)24-10-9-15-27(35)20-24)41-33-31(39)30(38)32(40-2)34(42-33,25-11-5-3-6-12-25)26-13-7-4-8-14-26/h3-17,20-21,30-33,38-39H,18-19H2,1-2H3,(H,36,37)/t30-,31+,32+,33+/m0/s1. The highest BCUT2D eigenvalue weighted by molar-refractivity contribution is 5.73. The van der Waals surface area contributed by atoms with Crippen LogP contribution >= 0.6 is 0 Å². The van der Waals surface area contributed by atoms with Gasteiger partial charge in [0.25, 0.3) is 0 Å². The smallest absolute Gasteiger partial charge is 0.230 e. The fraction of sp³-hybridized carbons (Fsp3) is 0.265. The number of halogens is 1. The van der Waals surface area contributed by atoms with E-state index < -0.39 is 30.2 Å². The van der Waals surface area contributed by atoms with Gasteiger partial charge in [0.1, 0.15) is 29.9 Å². The Labute approximate surface area is 244 Å². The zero-order valence-corrected chi connectivity index (χ0v) is 23.4. The first-order chi connectivity index (χ1) is 20.3. The van der Waals surface area contributed by atoms with E-state index in [0.29, 0.717) is 29.8 Å². The Kier molecular flexibility index (Phi) is 8.99. The molecule has 0 radical (unpaired) electrons. The minimum Gasteiger partial charge on any atom is -0.462 e. The van der Waals surface area contributed by atoms with Crippen molar-refractivity contribution in [2.45, 2.75) is 43.5 Å². The molecule has 4 aromatic carbocycles. The van der Waals surface area contributed by atoms with Gasteiger partial charge in [0, 0.05) is 20.6 Å². The highest BCUT2D eigenvalue weighted by Crippen LogP contribution is 2.45. The fourth-order valence-electron chi connectivity index (χ4n) is 5.58. The van der Waals surface area contributed by atoms with Crippen LogP contribution in [0.1, 0.15) is 23.6 Å². The van der Waals surface area contributed by atoms with Gasteiger partial charge in [-0.1, -0.05) is 78.9 Å². The number of carbonyl (C=O) groups is 1. The molecule has 0 bridgehead atoms. The first-order valence-corrected chi connectivity index (χ1v) is 13.8. The van der Waals surface area contributed by atoms with Crippen LogP contribution < -0.4 is 10.1 Å². The van der Waals surface area contributed by atoms with E-state index in [2.05, 4.69) is 5.32 Å². The number of hydrogen-bond acceptors (Lipinski definition) is 6. The molecule has 7 nitrogen and oxygen atoms in total. The number of ether oxygens (including phenoxy) is 3. The molecule has 1 aliphatic heterocycles. The van der Waals surface area contributed by atoms with Gasteiger partial charge in [-0.3, -0.25) is 4.79 Å². The Bertz CT molecular complexity index is 1460. The normalized spacial score (nSPS) is 21.5. The summed E-state index contributed by atoms with van der Waals surface area (Å²) in [6, 6.07) is 30.3. The molecule has 0 aromatic heterocycles. The number of aliphatic hydroxyl groups excluding tert-OH is 2. The number of methoxy groups -OCH3 is 1. The van der Waals surface area contributed by atoms with Crippen molar-refractivity contribution < 1.29 is 33.6 Å². The second-order valence-corrected chi connectivity index (χ2v) is 10.3. The lowest BCUT2D eigenvalue weighted by Gasteiger charge is -2.50. The van der Waals surface area contributed by atoms with Crippen molar-refractivity contribution in [1.29, 1.82) is 0 Å². The lowest BCUT2D eigenvalue weighted by atomic mass is 9.76. The summed E-state index contributed by atoms with van der Waals surface area (Å²) in [5, 5.41) is 25.4. The fourth-order valence-corrected chi connectivity index (χ4v) is 5.58. The number of benzene rings is 4. The molecule has 0 saturated carbocycles. The molecule has 1 heterocycles. The monoisotopic (exact) mass is 571 g/mol. The Balaban J connectivity index is 1.55. The third-order valence-electron chi connectivity index (χ3n) is 7.54. The van der Waals surface area contributed by atoms with E-state index in [9.17, 15) is 19.4 Å². The Morgan fingerprint density at radius 3 is 2.17 bits per heavy atom. The van der Waals surface area contributed by atoms with Gasteiger partial charge < -0.3 is 29.7 Å². The molecule has 4 atom stereocenters. The summed E-state index contributed by atoms with van der Waals surface area (Å²) >= 11 is 0. The van der Waals surface area contributed by atoms with Crippen molar-refractivity contribution >= 4 is 5.91 Å². The summed E-state index contributed by atoms with van der Waals surface area (Å²) in [4.78, 5) is 11.4. The van der Waals surface area contributed by atoms with E-state index in [1.54, 1.807) is 24.3 Å². The zero-order chi connectivity index (χ0) is 29.7. The van der Waals surface area contributed by atoms with Gasteiger partial charge in [0.2, 0.25) is 12.2 Å². The molecule has 3 N–H and O–H groups in total. The molecule has 0 spiro atoms. The Morgan fingerprint density at radius 1 is 0.905 bits per heavy atom. The van der Waals surface area contributed by atoms with Crippen LogP contribution in [0.15, 0.2) is 103 Å². The molecular formula is C34H34FNO6. The van der Waals surface area contributed by atoms with E-state index in [1.165, 1.54) is 26.2 Å². The van der Waals surface area contributed by atoms with E-state index in [0.717, 1.165) is 16.7 Å². The third-order valence-corrected chi connectivity index (χ3v) is 7.54. The van der Waals surface area contributed by atoms with Gasteiger partial charge in [-0.15, -0.1) is 0 Å². The van der Waals surface area contributed by atoms with Gasteiger partial charge in [-0.05, 0) is 58.5 Å². The molecule has 42 heavy (non-hydrogen) atoms. The van der Waals surface area contributed by atoms with Crippen LogP contribution in [-0.4, -0.2) is 54.4 Å². The van der Waals surface area contributed by atoms with Crippen molar-refractivity contribution in [2.75, 3.05) is 13.7 Å². The zero-order valence-electron chi connectivity index (χ0n) is 23.4. The molecule has 5 rings (SSSR count). The highest BCUT2D eigenvalue weighted by Gasteiger charge is 2.57. The van der Waals surface area contributed by atoms with E-state index in [-0.39, 0.29) is 11.7 Å². The van der Waals surface area contributed by atoms with Crippen molar-refractivity contribution in [2.24, 2.45) is 0 Å². The van der Waals surface area contributed by atoms with Crippen molar-refractivity contribution in [1.82, 2.24) is 5.32 Å². The van der Waals surface area contributed by atoms with Crippen LogP contribution in [0.3, 0.4) is 0 Å². The van der Waals surface area contributed by atoms with Crippen LogP contribution in [0.2, 0.25) is 0 Å². The summed E-state index contributed by atoms with van der Waals surface area (Å²) in [5.41, 5.74) is 2.33. The predicted molar refractivity (Wildman–Crippen MR) is 156 cm³/mol. The van der Waals surface area contributed by atoms with Gasteiger partial charge in [0.15, 0.2) is 5.60 Å². The minimum absolute atomic E-state index is 0.140. The number of aliphatic hydroxyl groups is 2. The molecule has 0 unspecified atom stereocenters. The van der Waals surface area contributed by atoms with Crippen molar-refractivity contribution in [3.05, 3.63) is 126 Å². The second kappa shape index (κ2) is 12.8. The van der Waals surface area contributed by atoms with E-state index in [4.69, 9.17) is 14.2 Å². The van der Waals surface area contributed by atoms with E-state index >= 15 is 0 Å². The lowest BCUT2D eigenvalue weighted by molar-refractivity contribution is -0.308. The average Bonchev–Trinajstić information content (AvgIpc) is 3.00. The maximum atomic E-state index is 14.2. The summed E-state index contributed by atoms with van der Waals surface area (Å²) < 4.78 is 32.9. The van der Waals surface area contributed by atoms with Crippen LogP contribution in [-0.2, 0) is 26.3 Å². The number of nitrogens with one attached hydrogen (secondary N) is 1. The Morgan fingerprint density at radius 2 is 1.57 bits per heavy atom. The van der Waals surface area contributed by atoms with Crippen LogP contribution in [0.25, 0.3) is 11.1 Å².